The number of rotatable bonds is 38. The highest BCUT2D eigenvalue weighted by atomic mass is 31.2. The summed E-state index contributed by atoms with van der Waals surface area (Å²) in [5.41, 5.74) is 0. The summed E-state index contributed by atoms with van der Waals surface area (Å²) in [6, 6.07) is 0. The van der Waals surface area contributed by atoms with Gasteiger partial charge < -0.3 is 27.9 Å². The van der Waals surface area contributed by atoms with Crippen LogP contribution in [0.4, 0.5) is 0 Å². The summed E-state index contributed by atoms with van der Waals surface area (Å²) in [4.78, 5) is 37.5. The fourth-order valence-corrected chi connectivity index (χ4v) is 5.80. The van der Waals surface area contributed by atoms with Crippen molar-refractivity contribution in [2.75, 3.05) is 47.5 Å². The van der Waals surface area contributed by atoms with E-state index in [-0.39, 0.29) is 26.1 Å². The van der Waals surface area contributed by atoms with E-state index in [1.807, 2.05) is 27.2 Å². The number of hydrogen-bond donors (Lipinski definition) is 0. The van der Waals surface area contributed by atoms with E-state index < -0.39 is 32.5 Å². The molecule has 338 valence electrons. The monoisotopic (exact) mass is 854 g/mol. The average Bonchev–Trinajstić information content (AvgIpc) is 3.20. The van der Waals surface area contributed by atoms with Crippen LogP contribution in [0.2, 0.25) is 0 Å². The average molecular weight is 854 g/mol. The van der Waals surface area contributed by atoms with Crippen LogP contribution in [-0.2, 0) is 32.7 Å². The first kappa shape index (κ1) is 56.4. The van der Waals surface area contributed by atoms with Crippen LogP contribution in [0.25, 0.3) is 0 Å². The zero-order valence-corrected chi connectivity index (χ0v) is 38.7. The van der Waals surface area contributed by atoms with Gasteiger partial charge in [-0.1, -0.05) is 142 Å². The third kappa shape index (κ3) is 44.0. The highest BCUT2D eigenvalue weighted by Crippen LogP contribution is 2.38. The maximum Gasteiger partial charge on any atom is 0.306 e. The van der Waals surface area contributed by atoms with E-state index in [0.717, 1.165) is 89.9 Å². The van der Waals surface area contributed by atoms with Gasteiger partial charge in [0.15, 0.2) is 6.10 Å². The molecule has 0 fully saturated rings. The van der Waals surface area contributed by atoms with Crippen LogP contribution in [0, 0.1) is 0 Å². The van der Waals surface area contributed by atoms with E-state index in [4.69, 9.17) is 18.5 Å². The molecule has 9 nitrogen and oxygen atoms in total. The minimum absolute atomic E-state index is 0.0543. The molecule has 0 saturated carbocycles. The van der Waals surface area contributed by atoms with Crippen LogP contribution >= 0.6 is 7.82 Å². The minimum Gasteiger partial charge on any atom is -0.756 e. The molecule has 2 atom stereocenters. The van der Waals surface area contributed by atoms with Gasteiger partial charge in [0.05, 0.1) is 27.7 Å². The van der Waals surface area contributed by atoms with Crippen molar-refractivity contribution in [1.29, 1.82) is 0 Å². The summed E-state index contributed by atoms with van der Waals surface area (Å²) in [5.74, 6) is -0.956. The van der Waals surface area contributed by atoms with E-state index in [1.165, 1.54) is 0 Å². The van der Waals surface area contributed by atoms with Gasteiger partial charge in [-0.2, -0.15) is 0 Å². The number of allylic oxidation sites excluding steroid dienone is 20. The Bertz CT molecular complexity index is 1430. The molecule has 1 unspecified atom stereocenters. The van der Waals surface area contributed by atoms with Crippen molar-refractivity contribution in [3.63, 3.8) is 0 Å². The molecule has 0 aromatic heterocycles. The number of phosphoric acid groups is 1. The van der Waals surface area contributed by atoms with Crippen molar-refractivity contribution >= 4 is 19.8 Å². The molecular weight excluding hydrogens is 774 g/mol. The maximum absolute atomic E-state index is 12.7. The van der Waals surface area contributed by atoms with Gasteiger partial charge in [0.1, 0.15) is 19.8 Å². The summed E-state index contributed by atoms with van der Waals surface area (Å²) in [6.07, 6.45) is 56.6. The van der Waals surface area contributed by atoms with Crippen molar-refractivity contribution in [3.8, 4) is 0 Å². The first-order valence-electron chi connectivity index (χ1n) is 22.2. The first-order valence-corrected chi connectivity index (χ1v) is 23.7. The normalized spacial score (nSPS) is 14.7. The maximum atomic E-state index is 12.7. The van der Waals surface area contributed by atoms with E-state index in [9.17, 15) is 19.0 Å². The third-order valence-corrected chi connectivity index (χ3v) is 9.44. The number of quaternary nitrogens is 1. The van der Waals surface area contributed by atoms with Gasteiger partial charge in [-0.25, -0.2) is 0 Å². The molecular formula is C50H80NO8P. The van der Waals surface area contributed by atoms with E-state index in [0.29, 0.717) is 23.9 Å². The molecule has 0 N–H and O–H groups in total. The lowest BCUT2D eigenvalue weighted by Gasteiger charge is -2.28. The van der Waals surface area contributed by atoms with Gasteiger partial charge in [-0.15, -0.1) is 0 Å². The number of unbranched alkanes of at least 4 members (excludes halogenated alkanes) is 4. The zero-order chi connectivity index (χ0) is 44.3. The summed E-state index contributed by atoms with van der Waals surface area (Å²) in [7, 11) is 1.09. The molecule has 0 aliphatic carbocycles. The summed E-state index contributed by atoms with van der Waals surface area (Å²) in [5, 5.41) is 0. The van der Waals surface area contributed by atoms with E-state index in [1.54, 1.807) is 0 Å². The molecule has 0 aliphatic heterocycles. The smallest absolute Gasteiger partial charge is 0.306 e. The molecule has 0 heterocycles. The number of carbonyl (C=O) groups excluding carboxylic acids is 2. The number of likely N-dealkylation sites (N-methyl/N-ethyl adjacent to an activating group) is 1. The minimum atomic E-state index is -4.66. The molecule has 10 heteroatoms. The van der Waals surface area contributed by atoms with Gasteiger partial charge in [0, 0.05) is 12.8 Å². The molecule has 0 spiro atoms. The Hall–Kier alpha value is -3.59. The molecule has 0 aromatic rings. The van der Waals surface area contributed by atoms with Crippen LogP contribution in [0.1, 0.15) is 129 Å². The van der Waals surface area contributed by atoms with Gasteiger partial charge in [0.2, 0.25) is 0 Å². The molecule has 0 amide bonds. The Morgan fingerprint density at radius 2 is 0.917 bits per heavy atom. The van der Waals surface area contributed by atoms with Crippen LogP contribution in [-0.4, -0.2) is 70.0 Å². The number of nitrogens with zero attached hydrogens (tertiary/aromatic N) is 1. The molecule has 60 heavy (non-hydrogen) atoms. The van der Waals surface area contributed by atoms with Crippen LogP contribution in [0.3, 0.4) is 0 Å². The second-order valence-electron chi connectivity index (χ2n) is 15.3. The molecule has 0 rings (SSSR count). The van der Waals surface area contributed by atoms with Crippen molar-refractivity contribution in [2.45, 2.75) is 136 Å². The standard InChI is InChI=1S/C50H80NO8P/c1-6-8-10-12-14-16-18-20-22-24-25-27-29-31-33-35-37-39-41-43-50(53)59-48(47-58-60(54,55)57-45-44-51(3,4)5)46-56-49(52)42-40-38-36-34-32-30-28-26-23-21-19-17-15-13-11-9-7-2/h8-11,14-17,20-23,25,27-28,30-31,33-34,36,48H,6-7,12-13,18-19,24,26,29,32,35,37-47H2,1-5H3/b10-8-,11-9-,16-14-,17-15-,22-20-,23-21-,27-25-,30-28-,33-31-,36-34-/t48-/m1/s1. The number of ether oxygens (including phenoxy) is 2. The molecule has 0 bridgehead atoms. The topological polar surface area (TPSA) is 111 Å². The fourth-order valence-electron chi connectivity index (χ4n) is 5.07. The largest absolute Gasteiger partial charge is 0.756 e. The second kappa shape index (κ2) is 40.8. The number of esters is 2. The van der Waals surface area contributed by atoms with Gasteiger partial charge >= 0.3 is 11.9 Å². The number of carbonyl (C=O) groups is 2. The summed E-state index contributed by atoms with van der Waals surface area (Å²) >= 11 is 0. The lowest BCUT2D eigenvalue weighted by molar-refractivity contribution is -0.870. The van der Waals surface area contributed by atoms with Crippen molar-refractivity contribution < 1.29 is 42.1 Å². The Morgan fingerprint density at radius 1 is 0.517 bits per heavy atom. The third-order valence-electron chi connectivity index (χ3n) is 8.48. The molecule has 0 radical (unpaired) electrons. The van der Waals surface area contributed by atoms with E-state index in [2.05, 4.69) is 129 Å². The lowest BCUT2D eigenvalue weighted by atomic mass is 10.1. The van der Waals surface area contributed by atoms with Crippen molar-refractivity contribution in [1.82, 2.24) is 0 Å². The van der Waals surface area contributed by atoms with Gasteiger partial charge in [-0.05, 0) is 96.3 Å². The summed E-state index contributed by atoms with van der Waals surface area (Å²) < 4.78 is 33.8. The van der Waals surface area contributed by atoms with Gasteiger partial charge in [0.25, 0.3) is 7.82 Å². The molecule has 0 aliphatic rings. The zero-order valence-electron chi connectivity index (χ0n) is 37.8. The second-order valence-corrected chi connectivity index (χ2v) is 16.7. The predicted octanol–water partition coefficient (Wildman–Crippen LogP) is 12.3. The Balaban J connectivity index is 4.55. The number of phosphoric ester groups is 1. The van der Waals surface area contributed by atoms with Gasteiger partial charge in [-0.3, -0.25) is 14.2 Å². The van der Waals surface area contributed by atoms with Crippen molar-refractivity contribution in [3.05, 3.63) is 122 Å². The molecule has 0 saturated heterocycles. The molecule has 0 aromatic carbocycles. The SMILES string of the molecule is CC/C=C\C/C=C\C/C=C\C/C=C\C/C=C\CCCCCC(=O)O[C@H](COC(=O)CCC/C=C\C/C=C\C/C=C\C/C=C\C/C=C\CC)COP(=O)([O-])OCC[N+](C)(C)C. The van der Waals surface area contributed by atoms with E-state index >= 15 is 0 Å². The van der Waals surface area contributed by atoms with Crippen LogP contribution in [0.5, 0.6) is 0 Å². The Labute approximate surface area is 365 Å². The fraction of sp³-hybridized carbons (Fsp3) is 0.560. The quantitative estimate of drug-likeness (QED) is 0.0198. The highest BCUT2D eigenvalue weighted by molar-refractivity contribution is 7.45. The number of hydrogen-bond acceptors (Lipinski definition) is 8. The summed E-state index contributed by atoms with van der Waals surface area (Å²) in [6.45, 7) is 3.85. The highest BCUT2D eigenvalue weighted by Gasteiger charge is 2.21. The van der Waals surface area contributed by atoms with Crippen LogP contribution in [0.15, 0.2) is 122 Å². The lowest BCUT2D eigenvalue weighted by Crippen LogP contribution is -2.37. The van der Waals surface area contributed by atoms with Crippen molar-refractivity contribution in [2.24, 2.45) is 0 Å². The predicted molar refractivity (Wildman–Crippen MR) is 249 cm³/mol. The van der Waals surface area contributed by atoms with Crippen LogP contribution < -0.4 is 4.89 Å². The Morgan fingerprint density at radius 3 is 1.35 bits per heavy atom. The first-order chi connectivity index (χ1) is 29.0. The Kier molecular flexibility index (Phi) is 38.4.